The highest BCUT2D eigenvalue weighted by molar-refractivity contribution is 14.0. The van der Waals surface area contributed by atoms with Crippen molar-refractivity contribution in [3.63, 3.8) is 0 Å². The minimum atomic E-state index is -0.197. The van der Waals surface area contributed by atoms with Crippen LogP contribution in [0.3, 0.4) is 0 Å². The van der Waals surface area contributed by atoms with Gasteiger partial charge in [-0.2, -0.15) is 0 Å². The Morgan fingerprint density at radius 1 is 1.00 bits per heavy atom. The molecule has 0 spiro atoms. The lowest BCUT2D eigenvalue weighted by atomic mass is 10.1. The van der Waals surface area contributed by atoms with Crippen LogP contribution in [0.2, 0.25) is 0 Å². The zero-order chi connectivity index (χ0) is 17.9. The van der Waals surface area contributed by atoms with E-state index in [1.165, 1.54) is 24.1 Å². The number of rotatable bonds is 4. The Bertz CT molecular complexity index is 758. The number of nitrogens with zero attached hydrogens (tertiary/aromatic N) is 3. The topological polar surface area (TPSA) is 44.9 Å². The Balaban J connectivity index is 0.00000210. The third-order valence-corrected chi connectivity index (χ3v) is 5.43. The van der Waals surface area contributed by atoms with Crippen LogP contribution in [0, 0.1) is 11.7 Å². The average molecular weight is 480 g/mol. The summed E-state index contributed by atoms with van der Waals surface area (Å²) in [5.41, 5.74) is 8.70. The van der Waals surface area contributed by atoms with Crippen LogP contribution in [0.4, 0.5) is 10.1 Å². The molecule has 4 rings (SSSR count). The molecule has 1 saturated carbocycles. The molecule has 1 heterocycles. The number of halogens is 2. The number of hydrogen-bond acceptors (Lipinski definition) is 2. The van der Waals surface area contributed by atoms with Gasteiger partial charge in [-0.05, 0) is 48.1 Å². The van der Waals surface area contributed by atoms with E-state index in [2.05, 4.69) is 45.1 Å². The van der Waals surface area contributed by atoms with Crippen LogP contribution in [0.15, 0.2) is 59.6 Å². The number of nitrogens with two attached hydrogens (primary N) is 1. The first kappa shape index (κ1) is 19.9. The van der Waals surface area contributed by atoms with Gasteiger partial charge in [0.05, 0.1) is 0 Å². The molecule has 1 aliphatic carbocycles. The summed E-state index contributed by atoms with van der Waals surface area (Å²) in [6, 6.07) is 17.3. The van der Waals surface area contributed by atoms with Crippen LogP contribution in [0.1, 0.15) is 17.9 Å². The van der Waals surface area contributed by atoms with Gasteiger partial charge in [0, 0.05) is 38.4 Å². The molecular weight excluding hydrogens is 454 g/mol. The SMILES string of the molecule is I.NC(=NCC1CC1c1ccccc1)N1CCN(c2ccc(F)cc2)CC1. The fourth-order valence-corrected chi connectivity index (χ4v) is 3.71. The second kappa shape index (κ2) is 8.91. The van der Waals surface area contributed by atoms with Crippen molar-refractivity contribution < 1.29 is 4.39 Å². The molecule has 0 aromatic heterocycles. The summed E-state index contributed by atoms with van der Waals surface area (Å²) in [6.45, 7) is 4.25. The largest absolute Gasteiger partial charge is 0.370 e. The Morgan fingerprint density at radius 2 is 1.67 bits per heavy atom. The molecule has 2 aliphatic rings. The number of guanidine groups is 1. The molecular formula is C21H26FIN4. The maximum Gasteiger partial charge on any atom is 0.191 e. The van der Waals surface area contributed by atoms with E-state index >= 15 is 0 Å². The van der Waals surface area contributed by atoms with Gasteiger partial charge in [0.1, 0.15) is 5.82 Å². The van der Waals surface area contributed by atoms with Crippen molar-refractivity contribution in [1.82, 2.24) is 4.90 Å². The van der Waals surface area contributed by atoms with Crippen molar-refractivity contribution in [2.24, 2.45) is 16.6 Å². The fourth-order valence-electron chi connectivity index (χ4n) is 3.71. The maximum atomic E-state index is 13.1. The summed E-state index contributed by atoms with van der Waals surface area (Å²) in [4.78, 5) is 9.06. The Morgan fingerprint density at radius 3 is 2.33 bits per heavy atom. The summed E-state index contributed by atoms with van der Waals surface area (Å²) in [6.07, 6.45) is 1.21. The molecule has 2 aromatic rings. The minimum absolute atomic E-state index is 0. The van der Waals surface area contributed by atoms with E-state index in [1.807, 2.05) is 12.1 Å². The highest BCUT2D eigenvalue weighted by Gasteiger charge is 2.37. The maximum absolute atomic E-state index is 13.1. The van der Waals surface area contributed by atoms with Crippen molar-refractivity contribution in [3.05, 3.63) is 66.0 Å². The predicted octanol–water partition coefficient (Wildman–Crippen LogP) is 3.68. The molecule has 1 saturated heterocycles. The number of anilines is 1. The van der Waals surface area contributed by atoms with E-state index in [0.29, 0.717) is 17.8 Å². The average Bonchev–Trinajstić information content (AvgIpc) is 3.47. The highest BCUT2D eigenvalue weighted by Crippen LogP contribution is 2.47. The zero-order valence-corrected chi connectivity index (χ0v) is 17.6. The molecule has 2 unspecified atom stereocenters. The predicted molar refractivity (Wildman–Crippen MR) is 119 cm³/mol. The number of aliphatic imine (C=N–C) groups is 1. The molecule has 2 atom stereocenters. The quantitative estimate of drug-likeness (QED) is 0.413. The number of piperazine rings is 1. The van der Waals surface area contributed by atoms with Crippen molar-refractivity contribution >= 4 is 35.6 Å². The van der Waals surface area contributed by atoms with E-state index in [9.17, 15) is 4.39 Å². The number of hydrogen-bond donors (Lipinski definition) is 1. The van der Waals surface area contributed by atoms with Gasteiger partial charge in [-0.1, -0.05) is 30.3 Å². The molecule has 6 heteroatoms. The van der Waals surface area contributed by atoms with Gasteiger partial charge in [-0.3, -0.25) is 4.99 Å². The third kappa shape index (κ3) is 4.91. The summed E-state index contributed by atoms with van der Waals surface area (Å²) in [7, 11) is 0. The first-order valence-electron chi connectivity index (χ1n) is 9.31. The molecule has 1 aliphatic heterocycles. The van der Waals surface area contributed by atoms with E-state index < -0.39 is 0 Å². The molecule has 4 nitrogen and oxygen atoms in total. The minimum Gasteiger partial charge on any atom is -0.370 e. The Labute approximate surface area is 177 Å². The van der Waals surface area contributed by atoms with E-state index in [1.54, 1.807) is 0 Å². The van der Waals surface area contributed by atoms with Gasteiger partial charge >= 0.3 is 0 Å². The van der Waals surface area contributed by atoms with E-state index in [4.69, 9.17) is 5.73 Å². The molecule has 144 valence electrons. The monoisotopic (exact) mass is 480 g/mol. The second-order valence-corrected chi connectivity index (χ2v) is 7.16. The Kier molecular flexibility index (Phi) is 6.57. The van der Waals surface area contributed by atoms with E-state index in [0.717, 1.165) is 38.4 Å². The van der Waals surface area contributed by atoms with Crippen LogP contribution in [-0.2, 0) is 0 Å². The lowest BCUT2D eigenvalue weighted by molar-refractivity contribution is 0.380. The molecule has 27 heavy (non-hydrogen) atoms. The molecule has 0 amide bonds. The van der Waals surface area contributed by atoms with Crippen LogP contribution in [0.5, 0.6) is 0 Å². The lowest BCUT2D eigenvalue weighted by Crippen LogP contribution is -2.51. The molecule has 0 radical (unpaired) electrons. The van der Waals surface area contributed by atoms with Crippen molar-refractivity contribution in [3.8, 4) is 0 Å². The van der Waals surface area contributed by atoms with Crippen LogP contribution in [0.25, 0.3) is 0 Å². The summed E-state index contributed by atoms with van der Waals surface area (Å²) < 4.78 is 13.1. The molecule has 0 bridgehead atoms. The van der Waals surface area contributed by atoms with Gasteiger partial charge in [0.25, 0.3) is 0 Å². The first-order chi connectivity index (χ1) is 12.7. The van der Waals surface area contributed by atoms with Crippen molar-refractivity contribution in [2.45, 2.75) is 12.3 Å². The summed E-state index contributed by atoms with van der Waals surface area (Å²) in [5, 5.41) is 0. The summed E-state index contributed by atoms with van der Waals surface area (Å²) in [5.74, 6) is 1.72. The number of benzene rings is 2. The van der Waals surface area contributed by atoms with Crippen LogP contribution < -0.4 is 10.6 Å². The van der Waals surface area contributed by atoms with Gasteiger partial charge < -0.3 is 15.5 Å². The van der Waals surface area contributed by atoms with Gasteiger partial charge in [0.15, 0.2) is 5.96 Å². The van der Waals surface area contributed by atoms with Gasteiger partial charge in [0.2, 0.25) is 0 Å². The zero-order valence-electron chi connectivity index (χ0n) is 15.3. The summed E-state index contributed by atoms with van der Waals surface area (Å²) >= 11 is 0. The normalized spacial score (nSPS) is 22.3. The van der Waals surface area contributed by atoms with Crippen LogP contribution in [-0.4, -0.2) is 43.6 Å². The standard InChI is InChI=1S/C21H25FN4.HI/c22-18-6-8-19(9-7-18)25-10-12-26(13-11-25)21(23)24-15-17-14-20(17)16-4-2-1-3-5-16;/h1-9,17,20H,10-15H2,(H2,23,24);1H. The van der Waals surface area contributed by atoms with Crippen molar-refractivity contribution in [2.75, 3.05) is 37.6 Å². The lowest BCUT2D eigenvalue weighted by Gasteiger charge is -2.36. The molecule has 2 aromatic carbocycles. The van der Waals surface area contributed by atoms with Crippen molar-refractivity contribution in [1.29, 1.82) is 0 Å². The molecule has 2 N–H and O–H groups in total. The Hall–Kier alpha value is -1.83. The van der Waals surface area contributed by atoms with Gasteiger partial charge in [-0.25, -0.2) is 4.39 Å². The smallest absolute Gasteiger partial charge is 0.191 e. The van der Waals surface area contributed by atoms with Gasteiger partial charge in [-0.15, -0.1) is 24.0 Å². The molecule has 2 fully saturated rings. The third-order valence-electron chi connectivity index (χ3n) is 5.43. The van der Waals surface area contributed by atoms with E-state index in [-0.39, 0.29) is 29.8 Å². The fraction of sp³-hybridized carbons (Fsp3) is 0.381. The first-order valence-corrected chi connectivity index (χ1v) is 9.31. The highest BCUT2D eigenvalue weighted by atomic mass is 127. The van der Waals surface area contributed by atoms with Crippen LogP contribution >= 0.6 is 24.0 Å². The second-order valence-electron chi connectivity index (χ2n) is 7.16.